The number of unbranched alkanes of at least 4 members (excludes halogenated alkanes) is 1. The number of carboxylic acid groups (broad SMARTS) is 2. The smallest absolute Gasteiger partial charge is 0.326 e. The Labute approximate surface area is 480 Å². The van der Waals surface area contributed by atoms with Gasteiger partial charge >= 0.3 is 11.9 Å². The van der Waals surface area contributed by atoms with Crippen LogP contribution in [0.25, 0.3) is 0 Å². The van der Waals surface area contributed by atoms with Crippen LogP contribution in [0.15, 0.2) is 60.7 Å². The molecule has 81 heavy (non-hydrogen) atoms. The first-order valence-electron chi connectivity index (χ1n) is 28.6. The second-order valence-corrected chi connectivity index (χ2v) is 22.3. The minimum Gasteiger partial charge on any atom is -0.481 e. The number of thiol groups is 1. The first-order valence-corrected chi connectivity index (χ1v) is 29.2. The maximum absolute atomic E-state index is 14.9. The van der Waals surface area contributed by atoms with E-state index >= 15 is 0 Å². The molecule has 1 saturated carbocycles. The van der Waals surface area contributed by atoms with Gasteiger partial charge in [-0.2, -0.15) is 12.6 Å². The molecule has 0 bridgehead atoms. The van der Waals surface area contributed by atoms with E-state index in [2.05, 4.69) is 49.8 Å². The molecule has 12 N–H and O–H groups in total. The van der Waals surface area contributed by atoms with E-state index in [9.17, 15) is 63.3 Å². The van der Waals surface area contributed by atoms with Gasteiger partial charge in [0.15, 0.2) is 0 Å². The maximum atomic E-state index is 14.9. The van der Waals surface area contributed by atoms with Crippen LogP contribution in [0.5, 0.6) is 0 Å². The molecule has 2 aromatic rings. The zero-order valence-corrected chi connectivity index (χ0v) is 48.3. The van der Waals surface area contributed by atoms with Gasteiger partial charge in [-0.3, -0.25) is 43.2 Å². The minimum absolute atomic E-state index is 0.0251. The average Bonchev–Trinajstić information content (AvgIpc) is 4.01. The van der Waals surface area contributed by atoms with Crippen molar-refractivity contribution in [2.75, 3.05) is 18.9 Å². The number of nitrogens with one attached hydrogen (secondary N) is 7. The van der Waals surface area contributed by atoms with E-state index in [1.807, 2.05) is 13.8 Å². The normalized spacial score (nSPS) is 17.9. The molecule has 1 aliphatic heterocycles. The zero-order chi connectivity index (χ0) is 59.8. The predicted molar refractivity (Wildman–Crippen MR) is 306 cm³/mol. The van der Waals surface area contributed by atoms with Crippen LogP contribution in [0.3, 0.4) is 0 Å². The van der Waals surface area contributed by atoms with E-state index in [1.165, 1.54) is 4.90 Å². The number of amides is 8. The van der Waals surface area contributed by atoms with E-state index in [1.54, 1.807) is 81.4 Å². The molecule has 2 fully saturated rings. The number of nitrogens with two attached hydrogens (primary N) is 1. The molecule has 10 atom stereocenters. The van der Waals surface area contributed by atoms with Crippen molar-refractivity contribution in [3.05, 3.63) is 71.8 Å². The van der Waals surface area contributed by atoms with Gasteiger partial charge < -0.3 is 63.2 Å². The number of hydrogen-bond donors (Lipinski definition) is 12. The summed E-state index contributed by atoms with van der Waals surface area (Å²) in [6.45, 7) is 8.29. The molecule has 2 aliphatic rings. The van der Waals surface area contributed by atoms with Crippen LogP contribution < -0.4 is 43.0 Å². The molecule has 2 aromatic carbocycles. The monoisotopic (exact) mass is 1150 g/mol. The fourth-order valence-corrected chi connectivity index (χ4v) is 10.6. The lowest BCUT2D eigenvalue weighted by Crippen LogP contribution is -2.62. The Kier molecular flexibility index (Phi) is 28.1. The number of likely N-dealkylation sites (tertiary alicyclic amines) is 1. The second-order valence-electron chi connectivity index (χ2n) is 21.9. The van der Waals surface area contributed by atoms with Gasteiger partial charge in [-0.25, -0.2) is 4.79 Å². The van der Waals surface area contributed by atoms with Gasteiger partial charge in [-0.1, -0.05) is 147 Å². The topological polar surface area (TPSA) is 345 Å². The number of carboxylic acids is 2. The lowest BCUT2D eigenvalue weighted by Gasteiger charge is -2.33. The Morgan fingerprint density at radius 2 is 1.17 bits per heavy atom. The van der Waals surface area contributed by atoms with Crippen molar-refractivity contribution >= 4 is 71.8 Å². The first-order chi connectivity index (χ1) is 38.6. The van der Waals surface area contributed by atoms with Crippen molar-refractivity contribution in [1.82, 2.24) is 42.1 Å². The largest absolute Gasteiger partial charge is 0.481 e. The predicted octanol–water partition coefficient (Wildman–Crippen LogP) is 2.65. The summed E-state index contributed by atoms with van der Waals surface area (Å²) in [7, 11) is 0. The lowest BCUT2D eigenvalue weighted by atomic mass is 9.83. The standard InChI is InChI=1S/C58H87N9O13S/c1-6-8-25-40(51(72)63-43(32-68)53(74)62-42(58(79)80)30-34(3)4)60-54(75)45-26-18-29-67(45)57(78)44(33-81)64-52(73)41(31-36-19-12-9-13-20-36)61-55(76)48(35(5)7-2)65-56(77)49(66-50(71)39(59)27-28-46(69)70)47(37-21-14-10-15-22-37)38-23-16-11-17-24-38/h10-11,14-17,21-24,34-36,39-45,47-49,68,81H,6-9,12-13,18-20,25-33,59H2,1-5H3,(H,60,75)(H,61,76)(H,62,74)(H,63,72)(H,64,73)(H,65,77)(H,66,71)(H,69,70)(H,79,80)/t35-,39-,40-,41-,42-,43-,44-,45-,48-,49-/m0/s1. The van der Waals surface area contributed by atoms with Gasteiger partial charge in [0, 0.05) is 24.6 Å². The number of aliphatic hydroxyl groups is 1. The fourth-order valence-electron chi connectivity index (χ4n) is 10.4. The van der Waals surface area contributed by atoms with Gasteiger partial charge in [-0.15, -0.1) is 0 Å². The molecule has 1 saturated heterocycles. The summed E-state index contributed by atoms with van der Waals surface area (Å²) >= 11 is 4.45. The number of carbonyl (C=O) groups is 10. The minimum atomic E-state index is -1.53. The van der Waals surface area contributed by atoms with Crippen molar-refractivity contribution in [1.29, 1.82) is 0 Å². The number of aliphatic hydroxyl groups excluding tert-OH is 1. The second kappa shape index (κ2) is 34.0. The van der Waals surface area contributed by atoms with Crippen LogP contribution in [-0.4, -0.2) is 153 Å². The highest BCUT2D eigenvalue weighted by atomic mass is 32.1. The summed E-state index contributed by atoms with van der Waals surface area (Å²) < 4.78 is 0. The number of carbonyl (C=O) groups excluding carboxylic acids is 8. The summed E-state index contributed by atoms with van der Waals surface area (Å²) in [4.78, 5) is 138. The molecule has 0 radical (unpaired) electrons. The summed E-state index contributed by atoms with van der Waals surface area (Å²) in [6, 6.07) is 6.45. The van der Waals surface area contributed by atoms with Crippen LogP contribution >= 0.6 is 12.6 Å². The van der Waals surface area contributed by atoms with Crippen LogP contribution in [0.1, 0.15) is 148 Å². The SMILES string of the molecule is CCCC[C@H](NC(=O)[C@@H]1CCCN1C(=O)[C@H](CS)NC(=O)[C@H](CC1CCCCC1)NC(=O)[C@@H](NC(=O)[C@@H](NC(=O)[C@@H](N)CCC(=O)O)C(c1ccccc1)c1ccccc1)[C@@H](C)CC)C(=O)N[C@@H](CO)C(=O)N[C@@H](CC(C)C)C(=O)O. The van der Waals surface area contributed by atoms with Crippen LogP contribution in [0.2, 0.25) is 0 Å². The Bertz CT molecular complexity index is 2370. The Morgan fingerprint density at radius 3 is 1.72 bits per heavy atom. The molecule has 4 rings (SSSR count). The van der Waals surface area contributed by atoms with Crippen LogP contribution in [-0.2, 0) is 47.9 Å². The van der Waals surface area contributed by atoms with Gasteiger partial charge in [-0.05, 0) is 67.4 Å². The molecule has 448 valence electrons. The summed E-state index contributed by atoms with van der Waals surface area (Å²) in [6.07, 6.45) is 6.37. The number of aliphatic carboxylic acids is 2. The van der Waals surface area contributed by atoms with Crippen LogP contribution in [0.4, 0.5) is 0 Å². The van der Waals surface area contributed by atoms with Crippen molar-refractivity contribution in [3.63, 3.8) is 0 Å². The highest BCUT2D eigenvalue weighted by Crippen LogP contribution is 2.30. The first kappa shape index (κ1) is 66.9. The van der Waals surface area contributed by atoms with Gasteiger partial charge in [0.25, 0.3) is 0 Å². The Balaban J connectivity index is 1.58. The molecular weight excluding hydrogens is 1060 g/mol. The average molecular weight is 1150 g/mol. The number of hydrogen-bond acceptors (Lipinski definition) is 13. The molecule has 1 heterocycles. The molecule has 23 heteroatoms. The van der Waals surface area contributed by atoms with E-state index in [4.69, 9.17) is 5.73 Å². The molecule has 0 spiro atoms. The third-order valence-corrected chi connectivity index (χ3v) is 15.6. The van der Waals surface area contributed by atoms with E-state index in [-0.39, 0.29) is 56.2 Å². The number of nitrogens with zero attached hydrogens (tertiary/aromatic N) is 1. The number of benzene rings is 2. The van der Waals surface area contributed by atoms with Crippen molar-refractivity contribution in [3.8, 4) is 0 Å². The zero-order valence-electron chi connectivity index (χ0n) is 47.4. The number of rotatable bonds is 33. The highest BCUT2D eigenvalue weighted by Gasteiger charge is 2.42. The highest BCUT2D eigenvalue weighted by molar-refractivity contribution is 7.80. The third-order valence-electron chi connectivity index (χ3n) is 15.2. The molecule has 0 unspecified atom stereocenters. The fraction of sp³-hybridized carbons (Fsp3) is 0.621. The van der Waals surface area contributed by atoms with Gasteiger partial charge in [0.05, 0.1) is 12.6 Å². The van der Waals surface area contributed by atoms with E-state index in [0.717, 1.165) is 32.1 Å². The summed E-state index contributed by atoms with van der Waals surface area (Å²) in [5, 5.41) is 48.0. The molecule has 0 aromatic heterocycles. The Morgan fingerprint density at radius 1 is 0.630 bits per heavy atom. The van der Waals surface area contributed by atoms with Gasteiger partial charge in [0.2, 0.25) is 47.3 Å². The van der Waals surface area contributed by atoms with Gasteiger partial charge in [0.1, 0.15) is 48.3 Å². The molecule has 8 amide bonds. The van der Waals surface area contributed by atoms with E-state index in [0.29, 0.717) is 36.8 Å². The van der Waals surface area contributed by atoms with Crippen molar-refractivity contribution in [2.45, 2.75) is 191 Å². The summed E-state index contributed by atoms with van der Waals surface area (Å²) in [5.41, 5.74) is 7.48. The molecular formula is C58H87N9O13S. The maximum Gasteiger partial charge on any atom is 0.326 e. The molecule has 22 nitrogen and oxygen atoms in total. The van der Waals surface area contributed by atoms with Crippen molar-refractivity contribution in [2.24, 2.45) is 23.5 Å². The van der Waals surface area contributed by atoms with Crippen LogP contribution in [0, 0.1) is 17.8 Å². The lowest BCUT2D eigenvalue weighted by molar-refractivity contribution is -0.143. The molecule has 1 aliphatic carbocycles. The Hall–Kier alpha value is -6.59. The third kappa shape index (κ3) is 20.7. The van der Waals surface area contributed by atoms with Crippen molar-refractivity contribution < 1.29 is 63.3 Å². The van der Waals surface area contributed by atoms with E-state index < -0.39 is 138 Å². The summed E-state index contributed by atoms with van der Waals surface area (Å²) in [5.74, 6) is -9.96. The quantitative estimate of drug-likeness (QED) is 0.0458.